The quantitative estimate of drug-likeness (QED) is 0.816. The van der Waals surface area contributed by atoms with Crippen molar-refractivity contribution in [1.82, 2.24) is 4.31 Å². The first kappa shape index (κ1) is 16.3. The van der Waals surface area contributed by atoms with Crippen molar-refractivity contribution in [3.63, 3.8) is 0 Å². The normalized spacial score (nSPS) is 14.9. The fourth-order valence-corrected chi connectivity index (χ4v) is 4.14. The second-order valence-corrected chi connectivity index (χ2v) is 7.45. The average molecular weight is 312 g/mol. The van der Waals surface area contributed by atoms with Gasteiger partial charge in [0.25, 0.3) is 0 Å². The van der Waals surface area contributed by atoms with E-state index in [0.29, 0.717) is 24.5 Å². The van der Waals surface area contributed by atoms with Gasteiger partial charge in [0.2, 0.25) is 10.0 Å². The van der Waals surface area contributed by atoms with Crippen molar-refractivity contribution < 1.29 is 13.2 Å². The highest BCUT2D eigenvalue weighted by atomic mass is 32.2. The summed E-state index contributed by atoms with van der Waals surface area (Å²) in [5.74, 6) is 0. The molecule has 6 heteroatoms. The lowest BCUT2D eigenvalue weighted by Crippen LogP contribution is -2.30. The second kappa shape index (κ2) is 6.77. The maximum Gasteiger partial charge on any atom is 0.243 e. The van der Waals surface area contributed by atoms with Crippen LogP contribution in [-0.4, -0.2) is 46.6 Å². The predicted molar refractivity (Wildman–Crippen MR) is 84.3 cm³/mol. The fraction of sp³-hybridized carbons (Fsp3) is 0.600. The van der Waals surface area contributed by atoms with Crippen LogP contribution in [0.15, 0.2) is 17.0 Å². The van der Waals surface area contributed by atoms with Crippen LogP contribution in [0.3, 0.4) is 0 Å². The van der Waals surface area contributed by atoms with Gasteiger partial charge in [-0.2, -0.15) is 0 Å². The molecule has 0 saturated heterocycles. The number of anilines is 1. The van der Waals surface area contributed by atoms with Gasteiger partial charge in [0.15, 0.2) is 0 Å². The molecule has 1 N–H and O–H groups in total. The Labute approximate surface area is 127 Å². The summed E-state index contributed by atoms with van der Waals surface area (Å²) >= 11 is 0. The lowest BCUT2D eigenvalue weighted by Gasteiger charge is -2.25. The third kappa shape index (κ3) is 3.39. The second-order valence-electron chi connectivity index (χ2n) is 5.44. The third-order valence-electron chi connectivity index (χ3n) is 3.89. The summed E-state index contributed by atoms with van der Waals surface area (Å²) in [4.78, 5) is 0.440. The average Bonchev–Trinajstić information content (AvgIpc) is 2.47. The fourth-order valence-electron chi connectivity index (χ4n) is 2.68. The van der Waals surface area contributed by atoms with E-state index in [1.165, 1.54) is 4.31 Å². The number of hydrogen-bond donors (Lipinski definition) is 1. The molecule has 1 aromatic carbocycles. The Morgan fingerprint density at radius 1 is 1.38 bits per heavy atom. The van der Waals surface area contributed by atoms with E-state index in [-0.39, 0.29) is 0 Å². The number of methoxy groups -OCH3 is 1. The van der Waals surface area contributed by atoms with Crippen molar-refractivity contribution in [2.45, 2.75) is 31.1 Å². The van der Waals surface area contributed by atoms with E-state index < -0.39 is 10.0 Å². The van der Waals surface area contributed by atoms with Gasteiger partial charge in [-0.3, -0.25) is 0 Å². The van der Waals surface area contributed by atoms with Crippen molar-refractivity contribution in [2.24, 2.45) is 0 Å². The molecule has 0 spiro atoms. The summed E-state index contributed by atoms with van der Waals surface area (Å²) in [5.41, 5.74) is 3.03. The molecule has 1 heterocycles. The molecule has 0 bridgehead atoms. The number of sulfonamides is 1. The number of nitrogens with zero attached hydrogens (tertiary/aromatic N) is 1. The Balaban J connectivity index is 2.32. The van der Waals surface area contributed by atoms with E-state index in [0.717, 1.165) is 36.2 Å². The summed E-state index contributed by atoms with van der Waals surface area (Å²) < 4.78 is 31.9. The Hall–Kier alpha value is -1.11. The van der Waals surface area contributed by atoms with Crippen molar-refractivity contribution in [1.29, 1.82) is 0 Å². The van der Waals surface area contributed by atoms with Crippen LogP contribution in [0.1, 0.15) is 24.0 Å². The van der Waals surface area contributed by atoms with Gasteiger partial charge < -0.3 is 10.1 Å². The molecule has 0 unspecified atom stereocenters. The van der Waals surface area contributed by atoms with E-state index in [4.69, 9.17) is 4.74 Å². The summed E-state index contributed by atoms with van der Waals surface area (Å²) in [7, 11) is -0.186. The van der Waals surface area contributed by atoms with Crippen LogP contribution in [-0.2, 0) is 21.2 Å². The summed E-state index contributed by atoms with van der Waals surface area (Å²) in [5, 5.41) is 3.33. The van der Waals surface area contributed by atoms with E-state index in [1.807, 2.05) is 13.0 Å². The van der Waals surface area contributed by atoms with Crippen LogP contribution < -0.4 is 5.32 Å². The summed E-state index contributed by atoms with van der Waals surface area (Å²) in [6.45, 7) is 3.94. The molecule has 21 heavy (non-hydrogen) atoms. The molecule has 1 aliphatic heterocycles. The number of nitrogens with one attached hydrogen (secondary N) is 1. The minimum absolute atomic E-state index is 0.440. The van der Waals surface area contributed by atoms with Crippen molar-refractivity contribution >= 4 is 15.7 Å². The maximum atomic E-state index is 12.8. The topological polar surface area (TPSA) is 58.6 Å². The molecular formula is C15H24N2O3S. The van der Waals surface area contributed by atoms with Crippen LogP contribution in [0.5, 0.6) is 0 Å². The first-order valence-electron chi connectivity index (χ1n) is 7.30. The zero-order chi connectivity index (χ0) is 15.5. The molecule has 2 rings (SSSR count). The Morgan fingerprint density at radius 2 is 2.14 bits per heavy atom. The maximum absolute atomic E-state index is 12.8. The van der Waals surface area contributed by atoms with Crippen LogP contribution in [0.4, 0.5) is 5.69 Å². The Morgan fingerprint density at radius 3 is 2.86 bits per heavy atom. The van der Waals surface area contributed by atoms with Gasteiger partial charge in [-0.05, 0) is 43.4 Å². The molecule has 0 saturated carbocycles. The molecule has 1 aliphatic rings. The van der Waals surface area contributed by atoms with Gasteiger partial charge in [-0.15, -0.1) is 0 Å². The molecule has 5 nitrogen and oxygen atoms in total. The highest BCUT2D eigenvalue weighted by Gasteiger charge is 2.26. The van der Waals surface area contributed by atoms with Gasteiger partial charge in [-0.1, -0.05) is 6.07 Å². The Bertz CT molecular complexity index is 599. The highest BCUT2D eigenvalue weighted by Crippen LogP contribution is 2.32. The zero-order valence-electron chi connectivity index (χ0n) is 13.0. The van der Waals surface area contributed by atoms with Crippen LogP contribution in [0.2, 0.25) is 0 Å². The minimum Gasteiger partial charge on any atom is -0.385 e. The largest absolute Gasteiger partial charge is 0.385 e. The summed E-state index contributed by atoms with van der Waals surface area (Å²) in [6.07, 6.45) is 2.47. The minimum atomic E-state index is -3.44. The van der Waals surface area contributed by atoms with Gasteiger partial charge in [0.05, 0.1) is 4.90 Å². The molecule has 0 radical (unpaired) electrons. The highest BCUT2D eigenvalue weighted by molar-refractivity contribution is 7.89. The number of rotatable bonds is 6. The van der Waals surface area contributed by atoms with E-state index in [9.17, 15) is 8.42 Å². The molecule has 0 aromatic heterocycles. The van der Waals surface area contributed by atoms with E-state index >= 15 is 0 Å². The van der Waals surface area contributed by atoms with Crippen molar-refractivity contribution in [2.75, 3.05) is 39.2 Å². The Kier molecular flexibility index (Phi) is 5.24. The van der Waals surface area contributed by atoms with E-state index in [2.05, 4.69) is 5.32 Å². The molecule has 0 amide bonds. The van der Waals surface area contributed by atoms with Gasteiger partial charge in [-0.25, -0.2) is 12.7 Å². The number of fused-ring (bicyclic) bond motifs is 1. The van der Waals surface area contributed by atoms with Crippen LogP contribution in [0.25, 0.3) is 0 Å². The van der Waals surface area contributed by atoms with Crippen LogP contribution >= 0.6 is 0 Å². The first-order valence-corrected chi connectivity index (χ1v) is 8.74. The van der Waals surface area contributed by atoms with E-state index in [1.54, 1.807) is 20.2 Å². The number of ether oxygens (including phenoxy) is 1. The monoisotopic (exact) mass is 312 g/mol. The number of hydrogen-bond acceptors (Lipinski definition) is 4. The van der Waals surface area contributed by atoms with Crippen LogP contribution in [0, 0.1) is 6.92 Å². The van der Waals surface area contributed by atoms with Crippen molar-refractivity contribution in [3.8, 4) is 0 Å². The SMILES string of the molecule is COCCCN(C)S(=O)(=O)c1ccc(C)c2c1CCCN2. The zero-order valence-corrected chi connectivity index (χ0v) is 13.8. The summed E-state index contributed by atoms with van der Waals surface area (Å²) in [6, 6.07) is 3.62. The number of benzene rings is 1. The van der Waals surface area contributed by atoms with Gasteiger partial charge in [0.1, 0.15) is 0 Å². The first-order chi connectivity index (χ1) is 9.98. The molecule has 0 atom stereocenters. The number of aryl methyl sites for hydroxylation is 1. The lowest BCUT2D eigenvalue weighted by atomic mass is 10.00. The predicted octanol–water partition coefficient (Wildman–Crippen LogP) is 2.01. The molecule has 0 aliphatic carbocycles. The smallest absolute Gasteiger partial charge is 0.243 e. The molecule has 118 valence electrons. The molecular weight excluding hydrogens is 288 g/mol. The van der Waals surface area contributed by atoms with Crippen molar-refractivity contribution in [3.05, 3.63) is 23.3 Å². The van der Waals surface area contributed by atoms with Gasteiger partial charge in [0, 0.05) is 39.5 Å². The molecule has 1 aromatic rings. The third-order valence-corrected chi connectivity index (χ3v) is 5.83. The van der Waals surface area contributed by atoms with Gasteiger partial charge >= 0.3 is 0 Å². The molecule has 0 fully saturated rings. The standard InChI is InChI=1S/C15H24N2O3S/c1-12-7-8-14(13-6-4-9-16-15(12)13)21(18,19)17(2)10-5-11-20-3/h7-8,16H,4-6,9-11H2,1-3H3. The lowest BCUT2D eigenvalue weighted by molar-refractivity contribution is 0.189.